The number of carbonyl (C=O) groups is 2. The zero-order chi connectivity index (χ0) is 13.3. The van der Waals surface area contributed by atoms with Crippen LogP contribution in [0.3, 0.4) is 0 Å². The molecule has 0 aliphatic carbocycles. The number of nitrogens with two attached hydrogens (primary N) is 1. The van der Waals surface area contributed by atoms with Crippen LogP contribution in [0.15, 0.2) is 0 Å². The molecule has 0 fully saturated rings. The van der Waals surface area contributed by atoms with Gasteiger partial charge in [-0.25, -0.2) is 4.79 Å². The van der Waals surface area contributed by atoms with Crippen molar-refractivity contribution in [3.8, 4) is 0 Å². The Morgan fingerprint density at radius 3 is 2.53 bits per heavy atom. The Morgan fingerprint density at radius 2 is 2.06 bits per heavy atom. The highest BCUT2D eigenvalue weighted by atomic mass is 16.5. The van der Waals surface area contributed by atoms with Gasteiger partial charge in [0.05, 0.1) is 6.04 Å². The number of carboxylic acids is 1. The van der Waals surface area contributed by atoms with E-state index in [1.165, 1.54) is 0 Å². The second kappa shape index (κ2) is 8.95. The first-order valence-electron chi connectivity index (χ1n) is 5.80. The van der Waals surface area contributed by atoms with E-state index in [4.69, 9.17) is 15.6 Å². The van der Waals surface area contributed by atoms with Gasteiger partial charge in [0.1, 0.15) is 6.04 Å². The number of methoxy groups -OCH3 is 1. The van der Waals surface area contributed by atoms with Crippen molar-refractivity contribution in [2.75, 3.05) is 13.7 Å². The molecule has 0 radical (unpaired) electrons. The van der Waals surface area contributed by atoms with Crippen LogP contribution in [0.1, 0.15) is 32.6 Å². The lowest BCUT2D eigenvalue weighted by Crippen LogP contribution is -2.48. The molecule has 2 atom stereocenters. The molecule has 6 heteroatoms. The molecular weight excluding hydrogens is 224 g/mol. The zero-order valence-corrected chi connectivity index (χ0v) is 10.4. The van der Waals surface area contributed by atoms with E-state index >= 15 is 0 Å². The van der Waals surface area contributed by atoms with Crippen LogP contribution < -0.4 is 11.1 Å². The van der Waals surface area contributed by atoms with Crippen molar-refractivity contribution in [2.24, 2.45) is 5.73 Å². The van der Waals surface area contributed by atoms with Crippen molar-refractivity contribution < 1.29 is 19.4 Å². The summed E-state index contributed by atoms with van der Waals surface area (Å²) in [5, 5.41) is 11.3. The summed E-state index contributed by atoms with van der Waals surface area (Å²) in [6.07, 6.45) is 2.26. The van der Waals surface area contributed by atoms with Crippen molar-refractivity contribution in [1.29, 1.82) is 0 Å². The normalized spacial score (nSPS) is 14.1. The Morgan fingerprint density at radius 1 is 1.41 bits per heavy atom. The molecule has 0 saturated carbocycles. The molecule has 0 rings (SSSR count). The Hall–Kier alpha value is -1.14. The van der Waals surface area contributed by atoms with Crippen LogP contribution in [0.25, 0.3) is 0 Å². The van der Waals surface area contributed by atoms with Gasteiger partial charge in [-0.15, -0.1) is 0 Å². The van der Waals surface area contributed by atoms with Gasteiger partial charge in [0.25, 0.3) is 0 Å². The lowest BCUT2D eigenvalue weighted by molar-refractivity contribution is -0.142. The molecule has 1 amide bonds. The molecular formula is C11H22N2O4. The Bertz CT molecular complexity index is 246. The molecule has 2 unspecified atom stereocenters. The van der Waals surface area contributed by atoms with Crippen LogP contribution in [0, 0.1) is 0 Å². The van der Waals surface area contributed by atoms with E-state index in [2.05, 4.69) is 5.32 Å². The molecule has 17 heavy (non-hydrogen) atoms. The van der Waals surface area contributed by atoms with Crippen molar-refractivity contribution in [1.82, 2.24) is 5.32 Å². The van der Waals surface area contributed by atoms with E-state index in [0.29, 0.717) is 32.3 Å². The summed E-state index contributed by atoms with van der Waals surface area (Å²) in [5.74, 6) is -1.44. The molecule has 0 heterocycles. The first-order chi connectivity index (χ1) is 8.02. The van der Waals surface area contributed by atoms with E-state index in [1.807, 2.05) is 6.92 Å². The first-order valence-corrected chi connectivity index (χ1v) is 5.80. The average molecular weight is 246 g/mol. The number of hydrogen-bond donors (Lipinski definition) is 3. The fourth-order valence-electron chi connectivity index (χ4n) is 1.40. The van der Waals surface area contributed by atoms with Crippen LogP contribution >= 0.6 is 0 Å². The fraction of sp³-hybridized carbons (Fsp3) is 0.818. The van der Waals surface area contributed by atoms with Gasteiger partial charge in [-0.3, -0.25) is 4.79 Å². The molecule has 0 aliphatic rings. The maximum Gasteiger partial charge on any atom is 0.326 e. The minimum Gasteiger partial charge on any atom is -0.480 e. The van der Waals surface area contributed by atoms with Crippen LogP contribution in [0.5, 0.6) is 0 Å². The third-order valence-corrected chi connectivity index (χ3v) is 2.39. The van der Waals surface area contributed by atoms with E-state index < -0.39 is 24.0 Å². The largest absolute Gasteiger partial charge is 0.480 e. The van der Waals surface area contributed by atoms with Gasteiger partial charge >= 0.3 is 5.97 Å². The summed E-state index contributed by atoms with van der Waals surface area (Å²) >= 11 is 0. The van der Waals surface area contributed by atoms with E-state index in [-0.39, 0.29) is 0 Å². The van der Waals surface area contributed by atoms with Gasteiger partial charge in [-0.2, -0.15) is 0 Å². The SMILES string of the molecule is CCCC(NC(=O)C(N)CCCOC)C(=O)O. The standard InChI is InChI=1S/C11H22N2O4/c1-3-5-9(11(15)16)13-10(14)8(12)6-4-7-17-2/h8-9H,3-7,12H2,1-2H3,(H,13,14)(H,15,16). The van der Waals surface area contributed by atoms with Crippen LogP contribution in [0.4, 0.5) is 0 Å². The molecule has 0 saturated heterocycles. The summed E-state index contributed by atoms with van der Waals surface area (Å²) in [6.45, 7) is 2.40. The summed E-state index contributed by atoms with van der Waals surface area (Å²) in [7, 11) is 1.58. The minimum absolute atomic E-state index is 0.409. The second-order valence-corrected chi connectivity index (χ2v) is 3.93. The first kappa shape index (κ1) is 15.9. The predicted molar refractivity (Wildman–Crippen MR) is 63.6 cm³/mol. The number of nitrogens with one attached hydrogen (secondary N) is 1. The average Bonchev–Trinajstić information content (AvgIpc) is 2.28. The Labute approximate surface area is 102 Å². The summed E-state index contributed by atoms with van der Waals surface area (Å²) < 4.78 is 4.85. The third-order valence-electron chi connectivity index (χ3n) is 2.39. The van der Waals surface area contributed by atoms with Crippen LogP contribution in [-0.4, -0.2) is 42.8 Å². The van der Waals surface area contributed by atoms with E-state index in [1.54, 1.807) is 7.11 Å². The van der Waals surface area contributed by atoms with Gasteiger partial charge < -0.3 is 20.9 Å². The number of aliphatic carboxylic acids is 1. The second-order valence-electron chi connectivity index (χ2n) is 3.93. The number of hydrogen-bond acceptors (Lipinski definition) is 4. The van der Waals surface area contributed by atoms with E-state index in [0.717, 1.165) is 0 Å². The lowest BCUT2D eigenvalue weighted by atomic mass is 10.1. The van der Waals surface area contributed by atoms with E-state index in [9.17, 15) is 9.59 Å². The highest BCUT2D eigenvalue weighted by molar-refractivity contribution is 5.86. The number of rotatable bonds is 9. The molecule has 0 aromatic rings. The van der Waals surface area contributed by atoms with Gasteiger partial charge in [-0.05, 0) is 19.3 Å². The quantitative estimate of drug-likeness (QED) is 0.501. The topological polar surface area (TPSA) is 102 Å². The van der Waals surface area contributed by atoms with Gasteiger partial charge in [0.2, 0.25) is 5.91 Å². The lowest BCUT2D eigenvalue weighted by Gasteiger charge is -2.17. The third kappa shape index (κ3) is 6.91. The van der Waals surface area contributed by atoms with Crippen LogP contribution in [-0.2, 0) is 14.3 Å². The van der Waals surface area contributed by atoms with Crippen molar-refractivity contribution in [3.63, 3.8) is 0 Å². The molecule has 0 bridgehead atoms. The predicted octanol–water partition coefficient (Wildman–Crippen LogP) is 0.110. The molecule has 4 N–H and O–H groups in total. The van der Waals surface area contributed by atoms with Gasteiger partial charge in [0, 0.05) is 13.7 Å². The summed E-state index contributed by atoms with van der Waals surface area (Å²) in [5.41, 5.74) is 5.64. The zero-order valence-electron chi connectivity index (χ0n) is 10.4. The molecule has 0 aromatic heterocycles. The molecule has 0 aromatic carbocycles. The molecule has 0 spiro atoms. The van der Waals surface area contributed by atoms with Crippen molar-refractivity contribution >= 4 is 11.9 Å². The van der Waals surface area contributed by atoms with Gasteiger partial charge in [-0.1, -0.05) is 13.3 Å². The Kier molecular flexibility index (Phi) is 8.35. The summed E-state index contributed by atoms with van der Waals surface area (Å²) in [4.78, 5) is 22.4. The molecule has 100 valence electrons. The van der Waals surface area contributed by atoms with Crippen molar-refractivity contribution in [3.05, 3.63) is 0 Å². The summed E-state index contributed by atoms with van der Waals surface area (Å²) in [6, 6.07) is -1.52. The molecule has 6 nitrogen and oxygen atoms in total. The monoisotopic (exact) mass is 246 g/mol. The molecule has 0 aliphatic heterocycles. The maximum absolute atomic E-state index is 11.6. The number of carbonyl (C=O) groups excluding carboxylic acids is 1. The number of ether oxygens (including phenoxy) is 1. The smallest absolute Gasteiger partial charge is 0.326 e. The van der Waals surface area contributed by atoms with Crippen molar-refractivity contribution in [2.45, 2.75) is 44.7 Å². The maximum atomic E-state index is 11.6. The highest BCUT2D eigenvalue weighted by Gasteiger charge is 2.21. The Balaban J connectivity index is 4.06. The highest BCUT2D eigenvalue weighted by Crippen LogP contribution is 2.00. The minimum atomic E-state index is -1.02. The fourth-order valence-corrected chi connectivity index (χ4v) is 1.40. The number of amides is 1. The van der Waals surface area contributed by atoms with Gasteiger partial charge in [0.15, 0.2) is 0 Å². The van der Waals surface area contributed by atoms with Crippen LogP contribution in [0.2, 0.25) is 0 Å². The number of carboxylic acid groups (broad SMARTS) is 1.